The van der Waals surface area contributed by atoms with Crippen molar-refractivity contribution in [3.8, 4) is 0 Å². The maximum atomic E-state index is 10.7. The fourth-order valence-electron chi connectivity index (χ4n) is 0.224. The second-order valence-corrected chi connectivity index (χ2v) is 2.98. The molecule has 0 heterocycles. The molecule has 0 saturated carbocycles. The van der Waals surface area contributed by atoms with E-state index in [-0.39, 0.29) is 17.0 Å². The van der Waals surface area contributed by atoms with Gasteiger partial charge in [-0.25, -0.2) is 4.57 Å². The molecule has 0 aliphatic carbocycles. The Morgan fingerprint density at radius 1 is 1.00 bits per heavy atom. The Hall–Kier alpha value is 0.590. The van der Waals surface area contributed by atoms with Gasteiger partial charge in [0, 0.05) is 21.3 Å². The topological polar surface area (TPSA) is 44.8 Å². The zero-order valence-corrected chi connectivity index (χ0v) is 8.10. The largest absolute Gasteiger partial charge is 0.473 e. The summed E-state index contributed by atoms with van der Waals surface area (Å²) in [5.41, 5.74) is 0. The van der Waals surface area contributed by atoms with Crippen LogP contribution in [0.3, 0.4) is 0 Å². The minimum Gasteiger partial charge on any atom is -0.290 e. The summed E-state index contributed by atoms with van der Waals surface area (Å²) in [6.45, 7) is 0. The van der Waals surface area contributed by atoms with Crippen LogP contribution in [0.4, 0.5) is 0 Å². The van der Waals surface area contributed by atoms with E-state index in [1.165, 1.54) is 21.3 Å². The first-order valence-electron chi connectivity index (χ1n) is 1.96. The van der Waals surface area contributed by atoms with E-state index in [9.17, 15) is 4.57 Å². The molecular weight excluding hydrogens is 211 g/mol. The Bertz CT molecular complexity index is 87.0. The second kappa shape index (κ2) is 5.38. The molecule has 0 aromatic carbocycles. The summed E-state index contributed by atoms with van der Waals surface area (Å²) in [6, 6.07) is 0. The lowest BCUT2D eigenvalue weighted by Gasteiger charge is -2.08. The van der Waals surface area contributed by atoms with Gasteiger partial charge in [-0.05, 0) is 0 Å². The molecule has 6 heteroatoms. The Labute approximate surface area is 64.9 Å². The van der Waals surface area contributed by atoms with Crippen molar-refractivity contribution in [1.82, 2.24) is 0 Å². The van der Waals surface area contributed by atoms with Crippen LogP contribution < -0.4 is 0 Å². The molecule has 0 unspecified atom stereocenters. The Balaban J connectivity index is 0. The minimum absolute atomic E-state index is 0. The third-order valence-electron chi connectivity index (χ3n) is 0.671. The third kappa shape index (κ3) is 4.06. The second-order valence-electron chi connectivity index (χ2n) is 0.995. The predicted molar refractivity (Wildman–Crippen MR) is 39.0 cm³/mol. The van der Waals surface area contributed by atoms with E-state index in [2.05, 4.69) is 13.6 Å². The van der Waals surface area contributed by atoms with Crippen molar-refractivity contribution in [2.45, 2.75) is 0 Å². The molecular formula is C3H10BrO4P. The lowest BCUT2D eigenvalue weighted by Crippen LogP contribution is -1.88. The summed E-state index contributed by atoms with van der Waals surface area (Å²) >= 11 is 0. The fraction of sp³-hybridized carbons (Fsp3) is 1.00. The molecule has 0 amide bonds. The predicted octanol–water partition coefficient (Wildman–Crippen LogP) is 1.61. The number of hydrogen-bond donors (Lipinski definition) is 0. The van der Waals surface area contributed by atoms with Gasteiger partial charge in [0.2, 0.25) is 0 Å². The average Bonchev–Trinajstić information content (AvgIpc) is 1.87. The minimum atomic E-state index is -3.16. The quantitative estimate of drug-likeness (QED) is 0.679. The molecule has 0 rings (SSSR count). The van der Waals surface area contributed by atoms with Crippen molar-refractivity contribution in [2.24, 2.45) is 0 Å². The van der Waals surface area contributed by atoms with Crippen molar-refractivity contribution in [3.05, 3.63) is 0 Å². The van der Waals surface area contributed by atoms with Gasteiger partial charge < -0.3 is 0 Å². The molecule has 0 atom stereocenters. The van der Waals surface area contributed by atoms with E-state index < -0.39 is 7.82 Å². The Morgan fingerprint density at radius 2 is 1.22 bits per heavy atom. The number of halogens is 1. The molecule has 0 bridgehead atoms. The molecule has 9 heavy (non-hydrogen) atoms. The fourth-order valence-corrected chi connectivity index (χ4v) is 0.671. The molecule has 58 valence electrons. The van der Waals surface area contributed by atoms with Gasteiger partial charge in [-0.15, -0.1) is 17.0 Å². The van der Waals surface area contributed by atoms with Gasteiger partial charge in [0.05, 0.1) is 0 Å². The van der Waals surface area contributed by atoms with Crippen molar-refractivity contribution in [1.29, 1.82) is 0 Å². The van der Waals surface area contributed by atoms with Crippen LogP contribution >= 0.6 is 24.8 Å². The van der Waals surface area contributed by atoms with E-state index in [1.807, 2.05) is 0 Å². The van der Waals surface area contributed by atoms with Crippen LogP contribution in [0.15, 0.2) is 0 Å². The summed E-state index contributed by atoms with van der Waals surface area (Å²) in [4.78, 5) is 0. The maximum absolute atomic E-state index is 10.7. The zero-order valence-electron chi connectivity index (χ0n) is 5.49. The summed E-state index contributed by atoms with van der Waals surface area (Å²) in [7, 11) is 0.611. The molecule has 4 nitrogen and oxygen atoms in total. The molecule has 0 aliphatic heterocycles. The number of rotatable bonds is 3. The summed E-state index contributed by atoms with van der Waals surface area (Å²) < 4.78 is 23.7. The highest BCUT2D eigenvalue weighted by Crippen LogP contribution is 2.46. The average molecular weight is 221 g/mol. The molecule has 0 N–H and O–H groups in total. The zero-order chi connectivity index (χ0) is 6.62. The maximum Gasteiger partial charge on any atom is 0.473 e. The van der Waals surface area contributed by atoms with Gasteiger partial charge in [0.25, 0.3) is 0 Å². The monoisotopic (exact) mass is 220 g/mol. The lowest BCUT2D eigenvalue weighted by molar-refractivity contribution is 0.178. The van der Waals surface area contributed by atoms with Gasteiger partial charge in [0.1, 0.15) is 0 Å². The lowest BCUT2D eigenvalue weighted by atomic mass is 11.8. The first-order chi connectivity index (χ1) is 3.68. The van der Waals surface area contributed by atoms with Crippen molar-refractivity contribution < 1.29 is 18.1 Å². The van der Waals surface area contributed by atoms with Gasteiger partial charge in [-0.3, -0.25) is 13.6 Å². The highest BCUT2D eigenvalue weighted by molar-refractivity contribution is 8.93. The molecule has 0 spiro atoms. The van der Waals surface area contributed by atoms with Crippen molar-refractivity contribution in [2.75, 3.05) is 21.3 Å². The molecule has 0 saturated heterocycles. The summed E-state index contributed by atoms with van der Waals surface area (Å²) in [6.07, 6.45) is 0. The third-order valence-corrected chi connectivity index (χ3v) is 2.01. The van der Waals surface area contributed by atoms with Crippen molar-refractivity contribution in [3.63, 3.8) is 0 Å². The molecule has 0 fully saturated rings. The van der Waals surface area contributed by atoms with Crippen LogP contribution in [0.5, 0.6) is 0 Å². The van der Waals surface area contributed by atoms with Crippen LogP contribution in [-0.4, -0.2) is 21.3 Å². The highest BCUT2D eigenvalue weighted by Gasteiger charge is 2.18. The van der Waals surface area contributed by atoms with E-state index in [0.717, 1.165) is 0 Å². The Morgan fingerprint density at radius 3 is 1.22 bits per heavy atom. The van der Waals surface area contributed by atoms with E-state index >= 15 is 0 Å². The van der Waals surface area contributed by atoms with E-state index in [0.29, 0.717) is 0 Å². The summed E-state index contributed by atoms with van der Waals surface area (Å²) in [5.74, 6) is 0. The SMILES string of the molecule is Br.COP(=O)(OC)OC. The smallest absolute Gasteiger partial charge is 0.290 e. The first-order valence-corrected chi connectivity index (χ1v) is 3.42. The van der Waals surface area contributed by atoms with Crippen LogP contribution in [0.1, 0.15) is 0 Å². The molecule has 0 aliphatic rings. The van der Waals surface area contributed by atoms with E-state index in [4.69, 9.17) is 0 Å². The van der Waals surface area contributed by atoms with Crippen LogP contribution in [0, 0.1) is 0 Å². The normalized spacial score (nSPS) is 10.6. The van der Waals surface area contributed by atoms with Crippen LogP contribution in [0.25, 0.3) is 0 Å². The molecule has 0 aromatic rings. The Kier molecular flexibility index (Phi) is 7.34. The van der Waals surface area contributed by atoms with Crippen LogP contribution in [0.2, 0.25) is 0 Å². The van der Waals surface area contributed by atoms with Crippen molar-refractivity contribution >= 4 is 24.8 Å². The summed E-state index contributed by atoms with van der Waals surface area (Å²) in [5, 5.41) is 0. The number of phosphoric ester groups is 1. The molecule has 0 radical (unpaired) electrons. The highest BCUT2D eigenvalue weighted by atomic mass is 79.9. The van der Waals surface area contributed by atoms with Gasteiger partial charge in [-0.1, -0.05) is 0 Å². The standard InChI is InChI=1S/C3H9O4P.BrH/c1-5-8(4,6-2)7-3;/h1-3H3;1H. The number of hydrogen-bond acceptors (Lipinski definition) is 4. The number of phosphoric acid groups is 1. The van der Waals surface area contributed by atoms with Gasteiger partial charge in [0.15, 0.2) is 0 Å². The van der Waals surface area contributed by atoms with Gasteiger partial charge in [-0.2, -0.15) is 0 Å². The van der Waals surface area contributed by atoms with Crippen LogP contribution in [-0.2, 0) is 18.1 Å². The van der Waals surface area contributed by atoms with E-state index in [1.54, 1.807) is 0 Å². The first kappa shape index (κ1) is 12.3. The molecule has 0 aromatic heterocycles. The van der Waals surface area contributed by atoms with Gasteiger partial charge >= 0.3 is 7.82 Å².